The molecule has 45 valence electrons. The molecule has 1 N–H and O–H groups in total. The van der Waals surface area contributed by atoms with Crippen molar-refractivity contribution in [1.82, 2.24) is 9.97 Å². The number of ketones is 1. The molecule has 0 atom stereocenters. The molecule has 0 bridgehead atoms. The number of rotatable bonds is 2. The first kappa shape index (κ1) is 5.68. The van der Waals surface area contributed by atoms with Crippen LogP contribution >= 0.6 is 0 Å². The molecule has 4 heteroatoms. The Labute approximate surface area is 50.9 Å². The van der Waals surface area contributed by atoms with Crippen molar-refractivity contribution in [3.8, 4) is 0 Å². The predicted molar refractivity (Wildman–Crippen MR) is 28.6 cm³/mol. The summed E-state index contributed by atoms with van der Waals surface area (Å²) in [6, 6.07) is 0. The fraction of sp³-hybridized carbons (Fsp3) is 0. The molecule has 0 saturated carbocycles. The van der Waals surface area contributed by atoms with Crippen LogP contribution in [-0.2, 0) is 4.79 Å². The molecule has 0 saturated heterocycles. The lowest BCUT2D eigenvalue weighted by atomic mass is 10.4. The second kappa shape index (κ2) is 2.21. The summed E-state index contributed by atoms with van der Waals surface area (Å²) in [6.45, 7) is 0. The minimum absolute atomic E-state index is 0.0324. The highest BCUT2D eigenvalue weighted by atomic mass is 16.2. The summed E-state index contributed by atoms with van der Waals surface area (Å²) in [5, 5.41) is 0. The van der Waals surface area contributed by atoms with Gasteiger partial charge in [-0.15, -0.1) is 0 Å². The normalized spacial score (nSPS) is 8.89. The average Bonchev–Trinajstić information content (AvgIpc) is 2.37. The van der Waals surface area contributed by atoms with Crippen LogP contribution in [0.5, 0.6) is 0 Å². The van der Waals surface area contributed by atoms with E-state index in [1.54, 1.807) is 0 Å². The number of Topliss-reactive ketones (excluding diaryl/α,β-unsaturated/α-hetero) is 1. The van der Waals surface area contributed by atoms with Crippen molar-refractivity contribution < 1.29 is 9.59 Å². The Hall–Kier alpha value is -1.45. The van der Waals surface area contributed by atoms with Crippen molar-refractivity contribution in [1.29, 1.82) is 0 Å². The third-order valence-electron chi connectivity index (χ3n) is 0.806. The van der Waals surface area contributed by atoms with Crippen molar-refractivity contribution in [2.75, 3.05) is 0 Å². The molecule has 0 fully saturated rings. The van der Waals surface area contributed by atoms with Gasteiger partial charge in [-0.2, -0.15) is 0 Å². The number of carbonyl (C=O) groups is 1. The molecule has 0 aliphatic heterocycles. The maximum absolute atomic E-state index is 10.4. The minimum Gasteiger partial charge on any atom is -0.342 e. The molecular weight excluding hydrogens is 120 g/mol. The summed E-state index contributed by atoms with van der Waals surface area (Å²) in [4.78, 5) is 26.0. The fourth-order valence-electron chi connectivity index (χ4n) is 0.438. The molecule has 4 nitrogen and oxygen atoms in total. The standard InChI is InChI=1S/C5H3N2O2/c8-3-4(9)5-6-1-2-7-5/h1-2H,(H,6,7). The van der Waals surface area contributed by atoms with Crippen molar-refractivity contribution in [2.24, 2.45) is 0 Å². The van der Waals surface area contributed by atoms with Crippen LogP contribution in [-0.4, -0.2) is 22.0 Å². The van der Waals surface area contributed by atoms with Crippen molar-refractivity contribution >= 4 is 12.1 Å². The van der Waals surface area contributed by atoms with Crippen LogP contribution in [0.3, 0.4) is 0 Å². The van der Waals surface area contributed by atoms with E-state index in [4.69, 9.17) is 0 Å². The van der Waals surface area contributed by atoms with Gasteiger partial charge in [0.1, 0.15) is 0 Å². The maximum Gasteiger partial charge on any atom is 0.280 e. The van der Waals surface area contributed by atoms with E-state index in [9.17, 15) is 9.59 Å². The number of aromatic amines is 1. The van der Waals surface area contributed by atoms with Gasteiger partial charge >= 0.3 is 0 Å². The predicted octanol–water partition coefficient (Wildman–Crippen LogP) is -0.298. The number of carbonyl (C=O) groups excluding carboxylic acids is 2. The van der Waals surface area contributed by atoms with Gasteiger partial charge in [-0.25, -0.2) is 4.98 Å². The number of aromatic nitrogens is 2. The van der Waals surface area contributed by atoms with Crippen LogP contribution in [0.2, 0.25) is 0 Å². The third kappa shape index (κ3) is 1.02. The molecule has 0 aromatic carbocycles. The van der Waals surface area contributed by atoms with Crippen LogP contribution in [0, 0.1) is 0 Å². The zero-order valence-corrected chi connectivity index (χ0v) is 4.42. The van der Waals surface area contributed by atoms with Crippen LogP contribution in [0.1, 0.15) is 10.6 Å². The van der Waals surface area contributed by atoms with E-state index in [2.05, 4.69) is 9.97 Å². The minimum atomic E-state index is -0.750. The monoisotopic (exact) mass is 123 g/mol. The molecule has 1 aromatic heterocycles. The quantitative estimate of drug-likeness (QED) is 0.434. The lowest BCUT2D eigenvalue weighted by Gasteiger charge is -1.78. The molecule has 9 heavy (non-hydrogen) atoms. The Kier molecular flexibility index (Phi) is 1.40. The van der Waals surface area contributed by atoms with E-state index in [0.29, 0.717) is 0 Å². The Balaban J connectivity index is 2.89. The Morgan fingerprint density at radius 1 is 1.78 bits per heavy atom. The number of hydrogen-bond acceptors (Lipinski definition) is 3. The molecule has 1 radical (unpaired) electrons. The fourth-order valence-corrected chi connectivity index (χ4v) is 0.438. The zero-order chi connectivity index (χ0) is 6.69. The van der Waals surface area contributed by atoms with Gasteiger partial charge < -0.3 is 4.98 Å². The van der Waals surface area contributed by atoms with Crippen molar-refractivity contribution in [3.05, 3.63) is 18.2 Å². The largest absolute Gasteiger partial charge is 0.342 e. The summed E-state index contributed by atoms with van der Waals surface area (Å²) < 4.78 is 0. The third-order valence-corrected chi connectivity index (χ3v) is 0.806. The van der Waals surface area contributed by atoms with E-state index in [1.807, 2.05) is 0 Å². The Morgan fingerprint density at radius 3 is 3.00 bits per heavy atom. The van der Waals surface area contributed by atoms with E-state index >= 15 is 0 Å². The summed E-state index contributed by atoms with van der Waals surface area (Å²) in [5.74, 6) is -0.718. The number of nitrogens with zero attached hydrogens (tertiary/aromatic N) is 1. The van der Waals surface area contributed by atoms with E-state index in [1.165, 1.54) is 18.7 Å². The average molecular weight is 123 g/mol. The molecule has 1 rings (SSSR count). The molecule has 0 aliphatic carbocycles. The number of H-pyrrole nitrogens is 1. The first-order valence-electron chi connectivity index (χ1n) is 2.26. The van der Waals surface area contributed by atoms with Crippen LogP contribution in [0.4, 0.5) is 0 Å². The van der Waals surface area contributed by atoms with E-state index < -0.39 is 5.78 Å². The molecular formula is C5H3N2O2. The van der Waals surface area contributed by atoms with Crippen LogP contribution in [0.25, 0.3) is 0 Å². The second-order valence-corrected chi connectivity index (χ2v) is 1.37. The first-order valence-corrected chi connectivity index (χ1v) is 2.26. The highest BCUT2D eigenvalue weighted by molar-refractivity contribution is 6.32. The molecule has 1 aromatic rings. The van der Waals surface area contributed by atoms with Gasteiger partial charge in [-0.1, -0.05) is 0 Å². The van der Waals surface area contributed by atoms with Gasteiger partial charge in [0.15, 0.2) is 5.82 Å². The molecule has 0 unspecified atom stereocenters. The van der Waals surface area contributed by atoms with Gasteiger partial charge in [-0.3, -0.25) is 9.59 Å². The molecule has 0 spiro atoms. The number of nitrogens with one attached hydrogen (secondary N) is 1. The van der Waals surface area contributed by atoms with Gasteiger partial charge in [-0.05, 0) is 0 Å². The summed E-state index contributed by atoms with van der Waals surface area (Å²) in [6.07, 6.45) is 4.04. The van der Waals surface area contributed by atoms with Crippen molar-refractivity contribution in [2.45, 2.75) is 0 Å². The van der Waals surface area contributed by atoms with E-state index in [-0.39, 0.29) is 5.82 Å². The maximum atomic E-state index is 10.4. The SMILES string of the molecule is O=[C]C(=O)c1ncc[nH]1. The smallest absolute Gasteiger partial charge is 0.280 e. The summed E-state index contributed by atoms with van der Waals surface area (Å²) >= 11 is 0. The van der Waals surface area contributed by atoms with Crippen LogP contribution in [0.15, 0.2) is 12.4 Å². The van der Waals surface area contributed by atoms with Gasteiger partial charge in [0, 0.05) is 12.4 Å². The lowest BCUT2D eigenvalue weighted by Crippen LogP contribution is -2.01. The first-order chi connectivity index (χ1) is 4.34. The highest BCUT2D eigenvalue weighted by Gasteiger charge is 2.04. The Morgan fingerprint density at radius 2 is 2.56 bits per heavy atom. The Bertz CT molecular complexity index is 215. The number of hydrogen-bond donors (Lipinski definition) is 1. The summed E-state index contributed by atoms with van der Waals surface area (Å²) in [7, 11) is 0. The van der Waals surface area contributed by atoms with Gasteiger partial charge in [0.2, 0.25) is 0 Å². The molecule has 1 heterocycles. The highest BCUT2D eigenvalue weighted by Crippen LogP contribution is 1.85. The second-order valence-electron chi connectivity index (χ2n) is 1.37. The van der Waals surface area contributed by atoms with Gasteiger partial charge in [0.05, 0.1) is 0 Å². The topological polar surface area (TPSA) is 62.8 Å². The van der Waals surface area contributed by atoms with Crippen LogP contribution < -0.4 is 0 Å². The molecule has 0 aliphatic rings. The zero-order valence-electron chi connectivity index (χ0n) is 4.42. The van der Waals surface area contributed by atoms with E-state index in [0.717, 1.165) is 0 Å². The number of imidazole rings is 1. The molecule has 0 amide bonds. The van der Waals surface area contributed by atoms with Gasteiger partial charge in [0.25, 0.3) is 12.1 Å². The summed E-state index contributed by atoms with van der Waals surface area (Å²) in [5.41, 5.74) is 0. The lowest BCUT2D eigenvalue weighted by molar-refractivity contribution is 0.105. The van der Waals surface area contributed by atoms with Crippen molar-refractivity contribution in [3.63, 3.8) is 0 Å².